The van der Waals surface area contributed by atoms with Crippen molar-refractivity contribution in [1.82, 2.24) is 4.90 Å². The molecule has 0 aromatic heterocycles. The van der Waals surface area contributed by atoms with Gasteiger partial charge in [0.1, 0.15) is 0 Å². The van der Waals surface area contributed by atoms with Crippen LogP contribution in [0, 0.1) is 5.82 Å². The second-order valence-corrected chi connectivity index (χ2v) is 5.10. The minimum absolute atomic E-state index is 0.133. The van der Waals surface area contributed by atoms with Gasteiger partial charge < -0.3 is 15.4 Å². The molecular weight excluding hydrogens is 259 g/mol. The summed E-state index contributed by atoms with van der Waals surface area (Å²) in [6.07, 6.45) is 2.77. The van der Waals surface area contributed by atoms with Crippen molar-refractivity contribution < 1.29 is 13.9 Å². The average molecular weight is 280 g/mol. The lowest BCUT2D eigenvalue weighted by Gasteiger charge is -2.30. The third kappa shape index (κ3) is 4.20. The molecule has 0 radical (unpaired) electrons. The second kappa shape index (κ2) is 7.24. The Morgan fingerprint density at radius 3 is 2.75 bits per heavy atom. The van der Waals surface area contributed by atoms with E-state index in [0.29, 0.717) is 19.4 Å². The first kappa shape index (κ1) is 14.8. The van der Waals surface area contributed by atoms with Crippen LogP contribution in [0.4, 0.5) is 4.39 Å². The third-order valence-electron chi connectivity index (χ3n) is 3.52. The topological polar surface area (TPSA) is 55.6 Å². The third-order valence-corrected chi connectivity index (χ3v) is 3.52. The molecule has 2 N–H and O–H groups in total. The average Bonchev–Trinajstić information content (AvgIpc) is 2.46. The van der Waals surface area contributed by atoms with E-state index in [-0.39, 0.29) is 23.5 Å². The van der Waals surface area contributed by atoms with Crippen LogP contribution >= 0.6 is 0 Å². The van der Waals surface area contributed by atoms with Gasteiger partial charge in [-0.05, 0) is 31.4 Å². The molecule has 0 spiro atoms. The van der Waals surface area contributed by atoms with Crippen LogP contribution < -0.4 is 10.5 Å². The van der Waals surface area contributed by atoms with Crippen LogP contribution in [0.25, 0.3) is 0 Å². The van der Waals surface area contributed by atoms with Crippen molar-refractivity contribution in [2.75, 3.05) is 19.7 Å². The highest BCUT2D eigenvalue weighted by Crippen LogP contribution is 2.16. The Hall–Kier alpha value is -1.62. The van der Waals surface area contributed by atoms with E-state index in [1.807, 2.05) is 4.90 Å². The fraction of sp³-hybridized carbons (Fsp3) is 0.533. The molecule has 0 aliphatic carbocycles. The Morgan fingerprint density at radius 2 is 2.05 bits per heavy atom. The van der Waals surface area contributed by atoms with Gasteiger partial charge in [-0.1, -0.05) is 12.1 Å². The minimum atomic E-state index is -0.371. The van der Waals surface area contributed by atoms with Gasteiger partial charge in [-0.15, -0.1) is 0 Å². The Morgan fingerprint density at radius 1 is 1.35 bits per heavy atom. The number of nitrogens with zero attached hydrogens (tertiary/aromatic N) is 1. The van der Waals surface area contributed by atoms with Crippen molar-refractivity contribution in [2.45, 2.75) is 31.7 Å². The van der Waals surface area contributed by atoms with E-state index in [2.05, 4.69) is 0 Å². The van der Waals surface area contributed by atoms with Crippen molar-refractivity contribution in [1.29, 1.82) is 0 Å². The van der Waals surface area contributed by atoms with Gasteiger partial charge in [-0.3, -0.25) is 4.79 Å². The zero-order valence-electron chi connectivity index (χ0n) is 11.6. The maximum absolute atomic E-state index is 13.3. The Kier molecular flexibility index (Phi) is 5.35. The van der Waals surface area contributed by atoms with Gasteiger partial charge in [0.2, 0.25) is 5.91 Å². The SMILES string of the molecule is NC1CCN(C(=O)CCCOc2ccccc2F)CC1. The van der Waals surface area contributed by atoms with Crippen molar-refractivity contribution in [2.24, 2.45) is 5.73 Å². The number of piperidine rings is 1. The van der Waals surface area contributed by atoms with Crippen molar-refractivity contribution in [3.05, 3.63) is 30.1 Å². The smallest absolute Gasteiger partial charge is 0.222 e. The molecule has 0 saturated carbocycles. The summed E-state index contributed by atoms with van der Waals surface area (Å²) in [6, 6.07) is 6.51. The normalized spacial score (nSPS) is 16.2. The van der Waals surface area contributed by atoms with Gasteiger partial charge >= 0.3 is 0 Å². The van der Waals surface area contributed by atoms with E-state index in [9.17, 15) is 9.18 Å². The number of amides is 1. The maximum atomic E-state index is 13.3. The van der Waals surface area contributed by atoms with Crippen LogP contribution in [0.3, 0.4) is 0 Å². The highest BCUT2D eigenvalue weighted by Gasteiger charge is 2.19. The largest absolute Gasteiger partial charge is 0.491 e. The fourth-order valence-corrected chi connectivity index (χ4v) is 2.27. The van der Waals surface area contributed by atoms with Crippen LogP contribution in [0.5, 0.6) is 5.75 Å². The van der Waals surface area contributed by atoms with Crippen molar-refractivity contribution in [3.63, 3.8) is 0 Å². The molecule has 1 saturated heterocycles. The Labute approximate surface area is 118 Å². The highest BCUT2D eigenvalue weighted by molar-refractivity contribution is 5.76. The number of rotatable bonds is 5. The molecule has 1 heterocycles. The Bertz CT molecular complexity index is 445. The molecule has 1 aromatic carbocycles. The molecule has 0 bridgehead atoms. The van der Waals surface area contributed by atoms with E-state index in [4.69, 9.17) is 10.5 Å². The minimum Gasteiger partial charge on any atom is -0.491 e. The summed E-state index contributed by atoms with van der Waals surface area (Å²) in [5.41, 5.74) is 5.80. The van der Waals surface area contributed by atoms with Crippen LogP contribution in [-0.4, -0.2) is 36.5 Å². The summed E-state index contributed by atoms with van der Waals surface area (Å²) < 4.78 is 18.6. The number of ether oxygens (including phenoxy) is 1. The molecule has 1 fully saturated rings. The van der Waals surface area contributed by atoms with Crippen molar-refractivity contribution in [3.8, 4) is 5.75 Å². The first-order valence-electron chi connectivity index (χ1n) is 7.07. The number of para-hydroxylation sites is 1. The van der Waals surface area contributed by atoms with Crippen molar-refractivity contribution >= 4 is 5.91 Å². The predicted molar refractivity (Wildman–Crippen MR) is 74.9 cm³/mol. The van der Waals surface area contributed by atoms with E-state index in [0.717, 1.165) is 25.9 Å². The number of nitrogens with two attached hydrogens (primary N) is 1. The van der Waals surface area contributed by atoms with Gasteiger partial charge in [-0.25, -0.2) is 4.39 Å². The lowest BCUT2D eigenvalue weighted by atomic mass is 10.1. The van der Waals surface area contributed by atoms with E-state index < -0.39 is 0 Å². The van der Waals surface area contributed by atoms with Crippen LogP contribution in [-0.2, 0) is 4.79 Å². The summed E-state index contributed by atoms with van der Waals surface area (Å²) in [6.45, 7) is 1.84. The number of benzene rings is 1. The van der Waals surface area contributed by atoms with E-state index >= 15 is 0 Å². The number of hydrogen-bond donors (Lipinski definition) is 1. The molecule has 2 rings (SSSR count). The van der Waals surface area contributed by atoms with E-state index in [1.54, 1.807) is 18.2 Å². The molecule has 0 unspecified atom stereocenters. The number of halogens is 1. The number of carbonyl (C=O) groups is 1. The lowest BCUT2D eigenvalue weighted by molar-refractivity contribution is -0.132. The van der Waals surface area contributed by atoms with Gasteiger partial charge in [-0.2, -0.15) is 0 Å². The van der Waals surface area contributed by atoms with E-state index in [1.165, 1.54) is 6.07 Å². The number of hydrogen-bond acceptors (Lipinski definition) is 3. The summed E-state index contributed by atoms with van der Waals surface area (Å²) in [4.78, 5) is 13.8. The first-order chi connectivity index (χ1) is 9.66. The summed E-state index contributed by atoms with van der Waals surface area (Å²) >= 11 is 0. The molecule has 110 valence electrons. The maximum Gasteiger partial charge on any atom is 0.222 e. The quantitative estimate of drug-likeness (QED) is 0.839. The highest BCUT2D eigenvalue weighted by atomic mass is 19.1. The summed E-state index contributed by atoms with van der Waals surface area (Å²) in [5.74, 6) is 0.00164. The second-order valence-electron chi connectivity index (χ2n) is 5.10. The monoisotopic (exact) mass is 280 g/mol. The first-order valence-corrected chi connectivity index (χ1v) is 7.07. The van der Waals surface area contributed by atoms with Crippen LogP contribution in [0.15, 0.2) is 24.3 Å². The molecular formula is C15H21FN2O2. The van der Waals surface area contributed by atoms with Crippen LogP contribution in [0.2, 0.25) is 0 Å². The molecule has 20 heavy (non-hydrogen) atoms. The predicted octanol–water partition coefficient (Wildman–Crippen LogP) is 1.93. The Balaban J connectivity index is 1.66. The number of carbonyl (C=O) groups excluding carboxylic acids is 1. The van der Waals surface area contributed by atoms with Crippen LogP contribution in [0.1, 0.15) is 25.7 Å². The lowest BCUT2D eigenvalue weighted by Crippen LogP contribution is -2.42. The van der Waals surface area contributed by atoms with Gasteiger partial charge in [0.25, 0.3) is 0 Å². The summed E-state index contributed by atoms with van der Waals surface area (Å²) in [5, 5.41) is 0. The zero-order valence-corrected chi connectivity index (χ0v) is 11.6. The summed E-state index contributed by atoms with van der Waals surface area (Å²) in [7, 11) is 0. The molecule has 1 aliphatic heterocycles. The molecule has 1 amide bonds. The van der Waals surface area contributed by atoms with Gasteiger partial charge in [0, 0.05) is 25.6 Å². The van der Waals surface area contributed by atoms with Gasteiger partial charge in [0.05, 0.1) is 6.61 Å². The molecule has 4 nitrogen and oxygen atoms in total. The number of likely N-dealkylation sites (tertiary alicyclic amines) is 1. The standard InChI is InChI=1S/C15H21FN2O2/c16-13-4-1-2-5-14(13)20-11-3-6-15(19)18-9-7-12(17)8-10-18/h1-2,4-5,12H,3,6-11,17H2. The van der Waals surface area contributed by atoms with Gasteiger partial charge in [0.15, 0.2) is 11.6 Å². The molecule has 0 atom stereocenters. The molecule has 1 aliphatic rings. The fourth-order valence-electron chi connectivity index (χ4n) is 2.27. The molecule has 1 aromatic rings. The zero-order chi connectivity index (χ0) is 14.4. The molecule has 5 heteroatoms.